The number of carbonyl (C=O) groups excluding carboxylic acids is 3. The second-order valence-electron chi connectivity index (χ2n) is 6.74. The van der Waals surface area contributed by atoms with Gasteiger partial charge in [-0.1, -0.05) is 70.3 Å². The Labute approximate surface area is 197 Å². The van der Waals surface area contributed by atoms with E-state index in [4.69, 9.17) is 12.2 Å². The van der Waals surface area contributed by atoms with Gasteiger partial charge in [0.2, 0.25) is 5.91 Å². The minimum absolute atomic E-state index is 0.182. The molecular formula is C22H16BrN3O3S2. The minimum Gasteiger partial charge on any atom is -0.324 e. The molecule has 0 bridgehead atoms. The Balaban J connectivity index is 1.65. The molecule has 0 unspecified atom stereocenters. The van der Waals surface area contributed by atoms with Crippen molar-refractivity contribution in [3.63, 3.8) is 0 Å². The van der Waals surface area contributed by atoms with Gasteiger partial charge < -0.3 is 5.32 Å². The lowest BCUT2D eigenvalue weighted by Crippen LogP contribution is -2.35. The van der Waals surface area contributed by atoms with E-state index < -0.39 is 5.91 Å². The Bertz CT molecular complexity index is 1180. The molecule has 0 atom stereocenters. The van der Waals surface area contributed by atoms with Crippen LogP contribution in [0.5, 0.6) is 0 Å². The summed E-state index contributed by atoms with van der Waals surface area (Å²) in [5, 5.41) is 2.79. The van der Waals surface area contributed by atoms with E-state index in [9.17, 15) is 14.4 Å². The molecule has 2 aromatic carbocycles. The Morgan fingerprint density at radius 3 is 2.65 bits per heavy atom. The van der Waals surface area contributed by atoms with E-state index in [1.807, 2.05) is 6.07 Å². The van der Waals surface area contributed by atoms with Crippen LogP contribution >= 0.6 is 39.9 Å². The molecule has 4 rings (SSSR count). The molecule has 1 N–H and O–H groups in total. The lowest BCUT2D eigenvalue weighted by atomic mass is 10.1. The first-order valence-corrected chi connectivity index (χ1v) is 11.3. The average Bonchev–Trinajstić information content (AvgIpc) is 3.16. The Kier molecular flexibility index (Phi) is 6.08. The number of fused-ring (bicyclic) bond motifs is 1. The first kappa shape index (κ1) is 21.5. The number of thiocarbonyl (C=S) groups is 1. The van der Waals surface area contributed by atoms with Gasteiger partial charge in [0.1, 0.15) is 10.9 Å². The Hall–Kier alpha value is -2.75. The molecule has 31 heavy (non-hydrogen) atoms. The van der Waals surface area contributed by atoms with Crippen LogP contribution in [0, 0.1) is 0 Å². The highest BCUT2D eigenvalue weighted by Gasteiger charge is 2.42. The van der Waals surface area contributed by atoms with Crippen LogP contribution in [0.15, 0.2) is 70.6 Å². The van der Waals surface area contributed by atoms with E-state index in [1.165, 1.54) is 9.80 Å². The van der Waals surface area contributed by atoms with Crippen molar-refractivity contribution in [3.05, 3.63) is 76.1 Å². The fourth-order valence-corrected chi connectivity index (χ4v) is 5.15. The van der Waals surface area contributed by atoms with Gasteiger partial charge >= 0.3 is 0 Å². The molecule has 0 radical (unpaired) electrons. The lowest BCUT2D eigenvalue weighted by Gasteiger charge is -2.17. The van der Waals surface area contributed by atoms with Crippen LogP contribution in [0.1, 0.15) is 5.56 Å². The number of rotatable bonds is 5. The number of benzene rings is 2. The highest BCUT2D eigenvalue weighted by molar-refractivity contribution is 9.10. The Morgan fingerprint density at radius 2 is 1.90 bits per heavy atom. The number of hydrogen-bond donors (Lipinski definition) is 1. The van der Waals surface area contributed by atoms with E-state index in [-0.39, 0.29) is 35.4 Å². The molecule has 0 saturated carbocycles. The van der Waals surface area contributed by atoms with E-state index in [0.29, 0.717) is 21.3 Å². The number of anilines is 2. The maximum Gasteiger partial charge on any atom is 0.267 e. The van der Waals surface area contributed by atoms with E-state index in [1.54, 1.807) is 48.5 Å². The molecule has 156 valence electrons. The standard InChI is InChI=1S/C22H16BrN3O3S2/c1-2-10-25-21(29)19(31-22(25)30)18-15-8-3-4-9-16(15)26(20(18)28)12-17(27)24-14-7-5-6-13(23)11-14/h2-9,11H,1,10,12H2,(H,24,27). The van der Waals surface area contributed by atoms with Crippen LogP contribution in [0.2, 0.25) is 0 Å². The number of para-hydroxylation sites is 1. The van der Waals surface area contributed by atoms with Gasteiger partial charge in [0.25, 0.3) is 11.8 Å². The first-order valence-electron chi connectivity index (χ1n) is 9.26. The number of halogens is 1. The van der Waals surface area contributed by atoms with Crippen LogP contribution < -0.4 is 10.2 Å². The maximum absolute atomic E-state index is 13.3. The zero-order valence-corrected chi connectivity index (χ0v) is 19.4. The fourth-order valence-electron chi connectivity index (χ4n) is 3.40. The van der Waals surface area contributed by atoms with Crippen LogP contribution in [0.3, 0.4) is 0 Å². The third-order valence-corrected chi connectivity index (χ3v) is 6.66. The quantitative estimate of drug-likeness (QED) is 0.368. The van der Waals surface area contributed by atoms with Gasteiger partial charge in [0.05, 0.1) is 16.2 Å². The topological polar surface area (TPSA) is 69.7 Å². The number of nitrogens with zero attached hydrogens (tertiary/aromatic N) is 2. The summed E-state index contributed by atoms with van der Waals surface area (Å²) in [4.78, 5) is 42.0. The third kappa shape index (κ3) is 4.08. The molecule has 2 aliphatic rings. The van der Waals surface area contributed by atoms with Gasteiger partial charge in [-0.2, -0.15) is 0 Å². The summed E-state index contributed by atoms with van der Waals surface area (Å²) in [5.74, 6) is -1.07. The zero-order valence-electron chi connectivity index (χ0n) is 16.1. The van der Waals surface area contributed by atoms with Crippen LogP contribution in [-0.4, -0.2) is 40.0 Å². The summed E-state index contributed by atoms with van der Waals surface area (Å²) in [6.07, 6.45) is 1.58. The van der Waals surface area contributed by atoms with Gasteiger partial charge in [0, 0.05) is 22.3 Å². The summed E-state index contributed by atoms with van der Waals surface area (Å²) in [7, 11) is 0. The summed E-state index contributed by atoms with van der Waals surface area (Å²) >= 11 is 9.77. The molecule has 9 heteroatoms. The second-order valence-corrected chi connectivity index (χ2v) is 9.30. The van der Waals surface area contributed by atoms with Gasteiger partial charge in [-0.15, -0.1) is 6.58 Å². The van der Waals surface area contributed by atoms with E-state index in [2.05, 4.69) is 27.8 Å². The normalized spacial score (nSPS) is 17.9. The third-order valence-electron chi connectivity index (χ3n) is 4.72. The van der Waals surface area contributed by atoms with Crippen LogP contribution in [0.4, 0.5) is 11.4 Å². The molecule has 0 aliphatic carbocycles. The minimum atomic E-state index is -0.398. The highest BCUT2D eigenvalue weighted by atomic mass is 79.9. The van der Waals surface area contributed by atoms with Crippen molar-refractivity contribution in [1.29, 1.82) is 0 Å². The number of thioether (sulfide) groups is 1. The van der Waals surface area contributed by atoms with Crippen LogP contribution in [0.25, 0.3) is 5.57 Å². The SMILES string of the molecule is C=CCN1C(=O)C(=C2C(=O)N(CC(=O)Nc3cccc(Br)c3)c3ccccc32)SC1=S. The van der Waals surface area contributed by atoms with Crippen molar-refractivity contribution >= 4 is 78.9 Å². The predicted octanol–water partition coefficient (Wildman–Crippen LogP) is 4.19. The summed E-state index contributed by atoms with van der Waals surface area (Å²) in [6, 6.07) is 14.3. The van der Waals surface area contributed by atoms with Crippen molar-refractivity contribution in [2.45, 2.75) is 0 Å². The van der Waals surface area contributed by atoms with Gasteiger partial charge in [-0.05, 0) is 24.3 Å². The molecule has 0 spiro atoms. The summed E-state index contributed by atoms with van der Waals surface area (Å²) < 4.78 is 1.21. The van der Waals surface area contributed by atoms with Crippen molar-refractivity contribution in [1.82, 2.24) is 4.90 Å². The molecule has 0 aromatic heterocycles. The molecule has 1 saturated heterocycles. The molecular weight excluding hydrogens is 498 g/mol. The van der Waals surface area contributed by atoms with Crippen molar-refractivity contribution in [3.8, 4) is 0 Å². The molecule has 6 nitrogen and oxygen atoms in total. The molecule has 2 heterocycles. The first-order chi connectivity index (χ1) is 14.9. The van der Waals surface area contributed by atoms with Crippen molar-refractivity contribution in [2.24, 2.45) is 0 Å². The van der Waals surface area contributed by atoms with E-state index in [0.717, 1.165) is 16.2 Å². The fraction of sp³-hybridized carbons (Fsp3) is 0.0909. The summed E-state index contributed by atoms with van der Waals surface area (Å²) in [6.45, 7) is 3.74. The highest BCUT2D eigenvalue weighted by Crippen LogP contribution is 2.44. The number of carbonyl (C=O) groups is 3. The largest absolute Gasteiger partial charge is 0.324 e. The smallest absolute Gasteiger partial charge is 0.267 e. The molecule has 3 amide bonds. The lowest BCUT2D eigenvalue weighted by molar-refractivity contribution is -0.122. The number of hydrogen-bond acceptors (Lipinski definition) is 5. The Morgan fingerprint density at radius 1 is 1.13 bits per heavy atom. The van der Waals surface area contributed by atoms with E-state index >= 15 is 0 Å². The molecule has 2 aromatic rings. The number of amides is 3. The second kappa shape index (κ2) is 8.78. The van der Waals surface area contributed by atoms with Gasteiger partial charge in [-0.3, -0.25) is 24.2 Å². The zero-order chi connectivity index (χ0) is 22.1. The van der Waals surface area contributed by atoms with Gasteiger partial charge in [-0.25, -0.2) is 0 Å². The van der Waals surface area contributed by atoms with Crippen molar-refractivity contribution in [2.75, 3.05) is 23.3 Å². The van der Waals surface area contributed by atoms with Gasteiger partial charge in [0.15, 0.2) is 0 Å². The maximum atomic E-state index is 13.3. The molecule has 1 fully saturated rings. The number of nitrogens with one attached hydrogen (secondary N) is 1. The monoisotopic (exact) mass is 513 g/mol. The molecule has 2 aliphatic heterocycles. The van der Waals surface area contributed by atoms with Crippen LogP contribution in [-0.2, 0) is 14.4 Å². The predicted molar refractivity (Wildman–Crippen MR) is 131 cm³/mol. The summed E-state index contributed by atoms with van der Waals surface area (Å²) in [5.41, 5.74) is 2.09. The van der Waals surface area contributed by atoms with Crippen molar-refractivity contribution < 1.29 is 14.4 Å². The average molecular weight is 514 g/mol.